The van der Waals surface area contributed by atoms with Gasteiger partial charge in [0.1, 0.15) is 0 Å². The second-order valence-corrected chi connectivity index (χ2v) is 9.04. The molecule has 168 valence electrons. The molecular formula is C25H24ClN5OS. The summed E-state index contributed by atoms with van der Waals surface area (Å²) in [5, 5.41) is 15.8. The van der Waals surface area contributed by atoms with Crippen molar-refractivity contribution in [1.82, 2.24) is 20.1 Å². The molecule has 33 heavy (non-hydrogen) atoms. The van der Waals surface area contributed by atoms with E-state index >= 15 is 0 Å². The molecular weight excluding hydrogens is 454 g/mol. The number of halogens is 1. The SMILES string of the molecule is Cc1ccc(-n2c(CNC(=O)Nc3ccc(Cl)cc3)nnc2SCc2cccc(C)c2)cc1. The van der Waals surface area contributed by atoms with Gasteiger partial charge in [0.15, 0.2) is 11.0 Å². The van der Waals surface area contributed by atoms with E-state index in [0.29, 0.717) is 16.5 Å². The first-order chi connectivity index (χ1) is 16.0. The van der Waals surface area contributed by atoms with Crippen LogP contribution in [-0.2, 0) is 12.3 Å². The summed E-state index contributed by atoms with van der Waals surface area (Å²) < 4.78 is 1.99. The molecule has 6 nitrogen and oxygen atoms in total. The average molecular weight is 478 g/mol. The third kappa shape index (κ3) is 6.15. The highest BCUT2D eigenvalue weighted by Crippen LogP contribution is 2.26. The third-order valence-electron chi connectivity index (χ3n) is 4.95. The molecule has 0 atom stereocenters. The number of rotatable bonds is 7. The molecule has 3 aromatic carbocycles. The molecule has 2 N–H and O–H groups in total. The lowest BCUT2D eigenvalue weighted by Gasteiger charge is -2.12. The lowest BCUT2D eigenvalue weighted by atomic mass is 10.2. The molecule has 0 saturated heterocycles. The van der Waals surface area contributed by atoms with Crippen LogP contribution in [-0.4, -0.2) is 20.8 Å². The molecule has 8 heteroatoms. The van der Waals surface area contributed by atoms with Gasteiger partial charge in [0.05, 0.1) is 6.54 Å². The van der Waals surface area contributed by atoms with Gasteiger partial charge < -0.3 is 10.6 Å². The first-order valence-corrected chi connectivity index (χ1v) is 11.8. The van der Waals surface area contributed by atoms with Gasteiger partial charge in [-0.2, -0.15) is 0 Å². The minimum Gasteiger partial charge on any atom is -0.331 e. The number of hydrogen-bond acceptors (Lipinski definition) is 4. The number of thioether (sulfide) groups is 1. The molecule has 0 aliphatic heterocycles. The van der Waals surface area contributed by atoms with Crippen LogP contribution in [0.15, 0.2) is 78.0 Å². The van der Waals surface area contributed by atoms with Crippen molar-refractivity contribution in [1.29, 1.82) is 0 Å². The Morgan fingerprint density at radius 2 is 1.73 bits per heavy atom. The Kier molecular flexibility index (Phi) is 7.32. The van der Waals surface area contributed by atoms with Crippen molar-refractivity contribution in [2.24, 2.45) is 0 Å². The number of amides is 2. The highest BCUT2D eigenvalue weighted by molar-refractivity contribution is 7.98. The number of nitrogens with one attached hydrogen (secondary N) is 2. The quantitative estimate of drug-likeness (QED) is 0.313. The lowest BCUT2D eigenvalue weighted by molar-refractivity contribution is 0.251. The lowest BCUT2D eigenvalue weighted by Crippen LogP contribution is -2.29. The van der Waals surface area contributed by atoms with Crippen LogP contribution >= 0.6 is 23.4 Å². The molecule has 0 bridgehead atoms. The van der Waals surface area contributed by atoms with Gasteiger partial charge in [0, 0.05) is 22.2 Å². The number of urea groups is 1. The van der Waals surface area contributed by atoms with E-state index in [1.165, 1.54) is 16.7 Å². The van der Waals surface area contributed by atoms with Gasteiger partial charge in [-0.15, -0.1) is 10.2 Å². The van der Waals surface area contributed by atoms with Gasteiger partial charge >= 0.3 is 6.03 Å². The van der Waals surface area contributed by atoms with E-state index in [4.69, 9.17) is 11.6 Å². The van der Waals surface area contributed by atoms with Crippen LogP contribution in [0.1, 0.15) is 22.5 Å². The zero-order valence-corrected chi connectivity index (χ0v) is 20.0. The predicted octanol–water partition coefficient (Wildman–Crippen LogP) is 6.15. The summed E-state index contributed by atoms with van der Waals surface area (Å²) >= 11 is 7.52. The van der Waals surface area contributed by atoms with Gasteiger partial charge in [-0.05, 0) is 55.8 Å². The molecule has 0 aliphatic carbocycles. The number of carbonyl (C=O) groups excluding carboxylic acids is 1. The molecule has 0 aliphatic rings. The van der Waals surface area contributed by atoms with Crippen molar-refractivity contribution in [2.45, 2.75) is 31.3 Å². The maximum absolute atomic E-state index is 12.4. The minimum atomic E-state index is -0.329. The second kappa shape index (κ2) is 10.6. The number of benzene rings is 3. The summed E-state index contributed by atoms with van der Waals surface area (Å²) in [4.78, 5) is 12.4. The van der Waals surface area contributed by atoms with Crippen LogP contribution in [0.4, 0.5) is 10.5 Å². The summed E-state index contributed by atoms with van der Waals surface area (Å²) in [6.45, 7) is 4.36. The Hall–Kier alpha value is -3.29. The van der Waals surface area contributed by atoms with E-state index in [9.17, 15) is 4.79 Å². The number of hydrogen-bond donors (Lipinski definition) is 2. The van der Waals surface area contributed by atoms with Gasteiger partial charge in [-0.25, -0.2) is 4.79 Å². The van der Waals surface area contributed by atoms with E-state index in [0.717, 1.165) is 16.6 Å². The van der Waals surface area contributed by atoms with E-state index < -0.39 is 0 Å². The van der Waals surface area contributed by atoms with Crippen molar-refractivity contribution in [2.75, 3.05) is 5.32 Å². The van der Waals surface area contributed by atoms with Gasteiger partial charge in [0.2, 0.25) is 0 Å². The van der Waals surface area contributed by atoms with E-state index in [1.807, 2.05) is 23.6 Å². The zero-order chi connectivity index (χ0) is 23.2. The standard InChI is InChI=1S/C25H24ClN5OS/c1-17-6-12-22(13-7-17)31-23(15-27-24(32)28-21-10-8-20(26)9-11-21)29-30-25(31)33-16-19-5-3-4-18(2)14-19/h3-14H,15-16H2,1-2H3,(H2,27,28,32). The molecule has 1 heterocycles. The minimum absolute atomic E-state index is 0.227. The highest BCUT2D eigenvalue weighted by atomic mass is 35.5. The fourth-order valence-electron chi connectivity index (χ4n) is 3.28. The van der Waals surface area contributed by atoms with Crippen LogP contribution in [0.2, 0.25) is 5.02 Å². The summed E-state index contributed by atoms with van der Waals surface area (Å²) in [7, 11) is 0. The number of aromatic nitrogens is 3. The Labute approximate surface area is 202 Å². The van der Waals surface area contributed by atoms with Crippen LogP contribution in [0.5, 0.6) is 0 Å². The van der Waals surface area contributed by atoms with Crippen LogP contribution < -0.4 is 10.6 Å². The van der Waals surface area contributed by atoms with Crippen molar-refractivity contribution in [3.63, 3.8) is 0 Å². The van der Waals surface area contributed by atoms with E-state index in [2.05, 4.69) is 64.2 Å². The number of aryl methyl sites for hydroxylation is 2. The van der Waals surface area contributed by atoms with E-state index in [1.54, 1.807) is 36.0 Å². The molecule has 0 spiro atoms. The van der Waals surface area contributed by atoms with Gasteiger partial charge in [-0.3, -0.25) is 4.57 Å². The predicted molar refractivity (Wildman–Crippen MR) is 134 cm³/mol. The number of nitrogens with zero attached hydrogens (tertiary/aromatic N) is 3. The second-order valence-electron chi connectivity index (χ2n) is 7.66. The molecule has 2 amide bonds. The summed E-state index contributed by atoms with van der Waals surface area (Å²) in [5.41, 5.74) is 5.23. The summed E-state index contributed by atoms with van der Waals surface area (Å²) in [6, 6.07) is 23.2. The summed E-state index contributed by atoms with van der Waals surface area (Å²) in [5.74, 6) is 1.42. The molecule has 4 aromatic rings. The monoisotopic (exact) mass is 477 g/mol. The van der Waals surface area contributed by atoms with E-state index in [-0.39, 0.29) is 12.6 Å². The zero-order valence-electron chi connectivity index (χ0n) is 18.4. The topological polar surface area (TPSA) is 71.8 Å². The molecule has 1 aromatic heterocycles. The molecule has 0 radical (unpaired) electrons. The fraction of sp³-hybridized carbons (Fsp3) is 0.160. The van der Waals surface area contributed by atoms with Crippen LogP contribution in [0, 0.1) is 13.8 Å². The largest absolute Gasteiger partial charge is 0.331 e. The fourth-order valence-corrected chi connectivity index (χ4v) is 4.32. The van der Waals surface area contributed by atoms with Crippen LogP contribution in [0.3, 0.4) is 0 Å². The normalized spacial score (nSPS) is 10.8. The maximum Gasteiger partial charge on any atom is 0.319 e. The van der Waals surface area contributed by atoms with Crippen molar-refractivity contribution in [3.8, 4) is 5.69 Å². The Morgan fingerprint density at radius 1 is 0.970 bits per heavy atom. The Balaban J connectivity index is 1.51. The Morgan fingerprint density at radius 3 is 2.45 bits per heavy atom. The average Bonchev–Trinajstić information content (AvgIpc) is 3.21. The Bertz CT molecular complexity index is 1240. The first kappa shape index (κ1) is 22.9. The van der Waals surface area contributed by atoms with Gasteiger partial charge in [-0.1, -0.05) is 70.9 Å². The highest BCUT2D eigenvalue weighted by Gasteiger charge is 2.16. The third-order valence-corrected chi connectivity index (χ3v) is 6.20. The van der Waals surface area contributed by atoms with Gasteiger partial charge in [0.25, 0.3) is 0 Å². The smallest absolute Gasteiger partial charge is 0.319 e. The molecule has 0 saturated carbocycles. The number of anilines is 1. The molecule has 4 rings (SSSR count). The molecule has 0 unspecified atom stereocenters. The number of carbonyl (C=O) groups is 1. The van der Waals surface area contributed by atoms with Crippen LogP contribution in [0.25, 0.3) is 5.69 Å². The summed E-state index contributed by atoms with van der Waals surface area (Å²) in [6.07, 6.45) is 0. The first-order valence-electron chi connectivity index (χ1n) is 10.5. The van der Waals surface area contributed by atoms with Crippen molar-refractivity contribution in [3.05, 3.63) is 100 Å². The molecule has 0 fully saturated rings. The van der Waals surface area contributed by atoms with Crippen molar-refractivity contribution >= 4 is 35.1 Å². The maximum atomic E-state index is 12.4. The van der Waals surface area contributed by atoms with Crippen molar-refractivity contribution < 1.29 is 4.79 Å².